The van der Waals surface area contributed by atoms with Crippen LogP contribution < -0.4 is 4.74 Å². The normalized spacial score (nSPS) is 24.2. The van der Waals surface area contributed by atoms with Gasteiger partial charge in [-0.2, -0.15) is 0 Å². The molecule has 7 heteroatoms. The number of hydrogen-bond acceptors (Lipinski definition) is 5. The molecule has 0 aromatic heterocycles. The number of benzene rings is 1. The molecular weight excluding hydrogens is 312 g/mol. The zero-order chi connectivity index (χ0) is 17.3. The number of rotatable bonds is 4. The van der Waals surface area contributed by atoms with Crippen LogP contribution in [0.1, 0.15) is 28.8 Å². The number of hydrogen-bond donors (Lipinski definition) is 1. The second-order valence-corrected chi connectivity index (χ2v) is 6.56. The maximum absolute atomic E-state index is 11.7. The summed E-state index contributed by atoms with van der Waals surface area (Å²) >= 11 is 0. The Morgan fingerprint density at radius 1 is 1.42 bits per heavy atom. The summed E-state index contributed by atoms with van der Waals surface area (Å²) in [5, 5.41) is 9.30. The predicted molar refractivity (Wildman–Crippen MR) is 86.3 cm³/mol. The average molecular weight is 334 g/mol. The summed E-state index contributed by atoms with van der Waals surface area (Å²) in [6.45, 7) is 2.79. The lowest BCUT2D eigenvalue weighted by atomic mass is 9.92. The molecule has 2 aliphatic heterocycles. The van der Waals surface area contributed by atoms with Gasteiger partial charge < -0.3 is 19.5 Å². The van der Waals surface area contributed by atoms with E-state index < -0.39 is 11.6 Å². The first kappa shape index (κ1) is 16.6. The van der Waals surface area contributed by atoms with Crippen molar-refractivity contribution in [2.45, 2.75) is 25.0 Å². The number of nitrogens with zero attached hydrogens (tertiary/aromatic N) is 2. The molecule has 1 atom stereocenters. The quantitative estimate of drug-likeness (QED) is 0.905. The molecule has 0 aliphatic carbocycles. The standard InChI is InChI=1S/C17H22N2O5/c1-18-10-17(24-16(18)22)6-3-7-19(11-17)9-12-4-5-14(23-2)13(8-12)15(20)21/h4-5,8H,3,6-7,9-11H2,1-2H3,(H,20,21). The van der Waals surface area contributed by atoms with Gasteiger partial charge in [-0.15, -0.1) is 0 Å². The van der Waals surface area contributed by atoms with Gasteiger partial charge >= 0.3 is 12.1 Å². The van der Waals surface area contributed by atoms with E-state index in [1.165, 1.54) is 7.11 Å². The fourth-order valence-corrected chi connectivity index (χ4v) is 3.61. The molecule has 0 radical (unpaired) electrons. The first-order valence-electron chi connectivity index (χ1n) is 7.99. The third-order valence-corrected chi connectivity index (χ3v) is 4.66. The summed E-state index contributed by atoms with van der Waals surface area (Å²) in [7, 11) is 3.21. The molecule has 0 saturated carbocycles. The smallest absolute Gasteiger partial charge is 0.410 e. The van der Waals surface area contributed by atoms with Crippen molar-refractivity contribution in [2.75, 3.05) is 33.8 Å². The van der Waals surface area contributed by atoms with Crippen molar-refractivity contribution >= 4 is 12.1 Å². The van der Waals surface area contributed by atoms with Gasteiger partial charge in [-0.3, -0.25) is 4.90 Å². The molecule has 1 aromatic rings. The third-order valence-electron chi connectivity index (χ3n) is 4.66. The Kier molecular flexibility index (Phi) is 4.36. The van der Waals surface area contributed by atoms with Gasteiger partial charge in [-0.05, 0) is 37.1 Å². The van der Waals surface area contributed by atoms with Crippen LogP contribution in [0.2, 0.25) is 0 Å². The van der Waals surface area contributed by atoms with Gasteiger partial charge in [0.1, 0.15) is 16.9 Å². The van der Waals surface area contributed by atoms with Gasteiger partial charge in [0, 0.05) is 20.1 Å². The van der Waals surface area contributed by atoms with E-state index in [1.807, 2.05) is 6.07 Å². The lowest BCUT2D eigenvalue weighted by Crippen LogP contribution is -2.50. The molecule has 2 heterocycles. The van der Waals surface area contributed by atoms with Crippen LogP contribution in [0.3, 0.4) is 0 Å². The third kappa shape index (κ3) is 3.17. The number of ether oxygens (including phenoxy) is 2. The molecule has 3 rings (SSSR count). The van der Waals surface area contributed by atoms with Crippen molar-refractivity contribution in [2.24, 2.45) is 0 Å². The summed E-state index contributed by atoms with van der Waals surface area (Å²) in [6.07, 6.45) is 1.54. The van der Waals surface area contributed by atoms with Crippen LogP contribution >= 0.6 is 0 Å². The molecule has 24 heavy (non-hydrogen) atoms. The lowest BCUT2D eigenvalue weighted by Gasteiger charge is -2.38. The monoisotopic (exact) mass is 334 g/mol. The Balaban J connectivity index is 1.73. The van der Waals surface area contributed by atoms with Gasteiger partial charge in [-0.1, -0.05) is 6.07 Å². The summed E-state index contributed by atoms with van der Waals surface area (Å²) in [4.78, 5) is 26.9. The number of amides is 1. The van der Waals surface area contributed by atoms with Gasteiger partial charge in [0.15, 0.2) is 0 Å². The molecule has 0 bridgehead atoms. The SMILES string of the molecule is COc1ccc(CN2CCCC3(C2)CN(C)C(=O)O3)cc1C(=O)O. The molecule has 2 aliphatic rings. The largest absolute Gasteiger partial charge is 0.496 e. The number of carboxylic acid groups (broad SMARTS) is 1. The summed E-state index contributed by atoms with van der Waals surface area (Å²) in [5.74, 6) is -0.650. The maximum Gasteiger partial charge on any atom is 0.410 e. The summed E-state index contributed by atoms with van der Waals surface area (Å²) in [5.41, 5.74) is 0.628. The highest BCUT2D eigenvalue weighted by Crippen LogP contribution is 2.32. The van der Waals surface area contributed by atoms with Crippen LogP contribution in [-0.4, -0.2) is 66.4 Å². The van der Waals surface area contributed by atoms with E-state index >= 15 is 0 Å². The summed E-state index contributed by atoms with van der Waals surface area (Å²) in [6, 6.07) is 5.20. The lowest BCUT2D eigenvalue weighted by molar-refractivity contribution is -0.0113. The van der Waals surface area contributed by atoms with Crippen molar-refractivity contribution in [3.63, 3.8) is 0 Å². The van der Waals surface area contributed by atoms with Gasteiger partial charge in [-0.25, -0.2) is 9.59 Å². The molecule has 130 valence electrons. The molecule has 1 amide bonds. The molecule has 1 aromatic carbocycles. The van der Waals surface area contributed by atoms with E-state index in [4.69, 9.17) is 9.47 Å². The zero-order valence-electron chi connectivity index (χ0n) is 13.9. The van der Waals surface area contributed by atoms with Crippen molar-refractivity contribution in [1.29, 1.82) is 0 Å². The molecule has 1 N–H and O–H groups in total. The molecular formula is C17H22N2O5. The Morgan fingerprint density at radius 2 is 2.21 bits per heavy atom. The molecule has 7 nitrogen and oxygen atoms in total. The highest BCUT2D eigenvalue weighted by molar-refractivity contribution is 5.91. The first-order valence-corrected chi connectivity index (χ1v) is 7.99. The number of methoxy groups -OCH3 is 1. The minimum absolute atomic E-state index is 0.161. The number of piperidine rings is 1. The Morgan fingerprint density at radius 3 is 2.83 bits per heavy atom. The zero-order valence-corrected chi connectivity index (χ0v) is 13.9. The first-order chi connectivity index (χ1) is 11.4. The van der Waals surface area contributed by atoms with E-state index in [0.29, 0.717) is 25.4 Å². The van der Waals surface area contributed by atoms with Crippen LogP contribution in [0.15, 0.2) is 18.2 Å². The Labute approximate surface area is 140 Å². The van der Waals surface area contributed by atoms with E-state index in [9.17, 15) is 14.7 Å². The van der Waals surface area contributed by atoms with Crippen molar-refractivity contribution in [3.8, 4) is 5.75 Å². The fourth-order valence-electron chi connectivity index (χ4n) is 3.61. The van der Waals surface area contributed by atoms with Crippen molar-refractivity contribution in [1.82, 2.24) is 9.80 Å². The molecule has 1 spiro atoms. The molecule has 2 fully saturated rings. The van der Waals surface area contributed by atoms with E-state index in [1.54, 1.807) is 24.1 Å². The number of aromatic carboxylic acids is 1. The van der Waals surface area contributed by atoms with Gasteiger partial charge in [0.2, 0.25) is 0 Å². The predicted octanol–water partition coefficient (Wildman–Crippen LogP) is 1.81. The second kappa shape index (κ2) is 6.32. The summed E-state index contributed by atoms with van der Waals surface area (Å²) < 4.78 is 10.7. The second-order valence-electron chi connectivity index (χ2n) is 6.56. The molecule has 1 unspecified atom stereocenters. The highest BCUT2D eigenvalue weighted by atomic mass is 16.6. The minimum atomic E-state index is -1.00. The van der Waals surface area contributed by atoms with Crippen molar-refractivity contribution in [3.05, 3.63) is 29.3 Å². The number of likely N-dealkylation sites (tertiary alicyclic amines) is 1. The van der Waals surface area contributed by atoms with E-state index in [-0.39, 0.29) is 11.7 Å². The number of carbonyl (C=O) groups is 2. The topological polar surface area (TPSA) is 79.3 Å². The van der Waals surface area contributed by atoms with Crippen LogP contribution in [0.5, 0.6) is 5.75 Å². The van der Waals surface area contributed by atoms with Gasteiger partial charge in [0.05, 0.1) is 13.7 Å². The Hall–Kier alpha value is -2.28. The van der Waals surface area contributed by atoms with E-state index in [2.05, 4.69) is 4.90 Å². The van der Waals surface area contributed by atoms with Crippen LogP contribution in [0.4, 0.5) is 4.79 Å². The maximum atomic E-state index is 11.7. The average Bonchev–Trinajstić information content (AvgIpc) is 2.80. The van der Waals surface area contributed by atoms with Crippen molar-refractivity contribution < 1.29 is 24.2 Å². The number of carboxylic acids is 1. The Bertz CT molecular complexity index is 662. The number of likely N-dealkylation sites (N-methyl/N-ethyl adjacent to an activating group) is 1. The van der Waals surface area contributed by atoms with Gasteiger partial charge in [0.25, 0.3) is 0 Å². The minimum Gasteiger partial charge on any atom is -0.496 e. The van der Waals surface area contributed by atoms with Crippen LogP contribution in [-0.2, 0) is 11.3 Å². The highest BCUT2D eigenvalue weighted by Gasteiger charge is 2.46. The van der Waals surface area contributed by atoms with Crippen LogP contribution in [0.25, 0.3) is 0 Å². The fraction of sp³-hybridized carbons (Fsp3) is 0.529. The molecule has 2 saturated heterocycles. The number of carbonyl (C=O) groups excluding carboxylic acids is 1. The van der Waals surface area contributed by atoms with E-state index in [0.717, 1.165) is 24.9 Å². The van der Waals surface area contributed by atoms with Crippen LogP contribution in [0, 0.1) is 0 Å².